The minimum absolute atomic E-state index is 1.10. The van der Waals surface area contributed by atoms with E-state index < -0.39 is 0 Å². The zero-order valence-electron chi connectivity index (χ0n) is 31.3. The third-order valence-electron chi connectivity index (χ3n) is 11.5. The van der Waals surface area contributed by atoms with Gasteiger partial charge in [0.05, 0.1) is 16.7 Å². The molecule has 0 unspecified atom stereocenters. The zero-order chi connectivity index (χ0) is 37.7. The van der Waals surface area contributed by atoms with Crippen molar-refractivity contribution >= 4 is 66.4 Å². The Morgan fingerprint density at radius 1 is 0.439 bits per heavy atom. The van der Waals surface area contributed by atoms with Crippen LogP contribution in [0.3, 0.4) is 0 Å². The van der Waals surface area contributed by atoms with Gasteiger partial charge in [0.15, 0.2) is 0 Å². The number of fused-ring (bicyclic) bond motifs is 6. The van der Waals surface area contributed by atoms with Gasteiger partial charge in [-0.05, 0) is 118 Å². The predicted octanol–water partition coefficient (Wildman–Crippen LogP) is 15.4. The van der Waals surface area contributed by atoms with Crippen LogP contribution in [0, 0.1) is 0 Å². The van der Waals surface area contributed by atoms with Gasteiger partial charge in [-0.2, -0.15) is 0 Å². The number of thiophene rings is 1. The van der Waals surface area contributed by atoms with E-state index in [4.69, 9.17) is 0 Å². The first-order valence-corrected chi connectivity index (χ1v) is 20.5. The SMILES string of the molecule is C1=Cc2sc3cc(-c4ccc(N(c5ccc(-c6ccccc6)cc5)c5ccc(-c6ccccc6-n6c7ccccc7c7ccccc76)cc5)cc4)ccc3c2CC1. The van der Waals surface area contributed by atoms with E-state index in [1.165, 1.54) is 81.4 Å². The molecule has 0 saturated carbocycles. The Labute approximate surface area is 336 Å². The summed E-state index contributed by atoms with van der Waals surface area (Å²) in [5.74, 6) is 0. The molecule has 0 radical (unpaired) electrons. The Balaban J connectivity index is 0.981. The molecule has 1 aliphatic rings. The van der Waals surface area contributed by atoms with Gasteiger partial charge in [-0.1, -0.05) is 140 Å². The van der Waals surface area contributed by atoms with Crippen LogP contribution in [-0.4, -0.2) is 4.57 Å². The number of nitrogens with zero attached hydrogens (tertiary/aromatic N) is 2. The highest BCUT2D eigenvalue weighted by Crippen LogP contribution is 2.41. The fourth-order valence-corrected chi connectivity index (χ4v) is 9.95. The molecule has 0 saturated heterocycles. The molecule has 0 atom stereocenters. The standard InChI is InChI=1S/C54H38N2S/c1-2-12-37(13-3-1)38-22-29-42(30-23-38)55(43-31-24-39(25-32-43)41-28-35-49-48-17-7-11-21-53(48)57-54(49)36-41)44-33-26-40(27-34-44)45-14-4-8-18-50(45)56-51-19-9-5-15-46(51)47-16-6-10-20-52(47)56/h1-6,8-16,18-36H,7,17H2. The molecule has 2 nitrogen and oxygen atoms in total. The summed E-state index contributed by atoms with van der Waals surface area (Å²) in [6.45, 7) is 0. The zero-order valence-corrected chi connectivity index (χ0v) is 32.2. The van der Waals surface area contributed by atoms with Crippen molar-refractivity contribution in [3.05, 3.63) is 211 Å². The average molecular weight is 747 g/mol. The lowest BCUT2D eigenvalue weighted by Crippen LogP contribution is -2.09. The summed E-state index contributed by atoms with van der Waals surface area (Å²) in [4.78, 5) is 3.78. The van der Waals surface area contributed by atoms with Crippen molar-refractivity contribution in [2.24, 2.45) is 0 Å². The molecule has 11 rings (SSSR count). The smallest absolute Gasteiger partial charge is 0.0541 e. The topological polar surface area (TPSA) is 8.17 Å². The Morgan fingerprint density at radius 2 is 0.965 bits per heavy atom. The number of allylic oxidation sites excluding steroid dienone is 1. The number of benzene rings is 8. The van der Waals surface area contributed by atoms with Crippen LogP contribution in [0.15, 0.2) is 200 Å². The van der Waals surface area contributed by atoms with E-state index in [0.717, 1.165) is 29.9 Å². The minimum atomic E-state index is 1.10. The highest BCUT2D eigenvalue weighted by atomic mass is 32.1. The molecule has 2 aromatic heterocycles. The number of aromatic nitrogens is 1. The number of hydrogen-bond acceptors (Lipinski definition) is 2. The Hall–Kier alpha value is -6.94. The normalized spacial score (nSPS) is 12.4. The van der Waals surface area contributed by atoms with Crippen LogP contribution in [0.4, 0.5) is 17.1 Å². The summed E-state index contributed by atoms with van der Waals surface area (Å²) < 4.78 is 3.78. The van der Waals surface area contributed by atoms with Gasteiger partial charge in [-0.15, -0.1) is 11.3 Å². The maximum absolute atomic E-state index is 2.41. The molecule has 0 N–H and O–H groups in total. The largest absolute Gasteiger partial charge is 0.311 e. The fourth-order valence-electron chi connectivity index (χ4n) is 8.73. The second kappa shape index (κ2) is 14.0. The van der Waals surface area contributed by atoms with E-state index in [2.05, 4.69) is 216 Å². The summed E-state index contributed by atoms with van der Waals surface area (Å²) in [5, 5.41) is 3.94. The first kappa shape index (κ1) is 33.4. The van der Waals surface area contributed by atoms with Crippen molar-refractivity contribution in [2.45, 2.75) is 12.8 Å². The summed E-state index contributed by atoms with van der Waals surface area (Å²) in [5.41, 5.74) is 15.7. The van der Waals surface area contributed by atoms with Gasteiger partial charge in [-0.25, -0.2) is 0 Å². The van der Waals surface area contributed by atoms with E-state index in [1.807, 2.05) is 11.3 Å². The molecular weight excluding hydrogens is 709 g/mol. The molecule has 2 heterocycles. The summed E-state index contributed by atoms with van der Waals surface area (Å²) in [7, 11) is 0. The summed E-state index contributed by atoms with van der Waals surface area (Å²) in [6.07, 6.45) is 6.87. The van der Waals surface area contributed by atoms with Gasteiger partial charge >= 0.3 is 0 Å². The average Bonchev–Trinajstić information content (AvgIpc) is 3.83. The van der Waals surface area contributed by atoms with Gasteiger partial charge in [0.25, 0.3) is 0 Å². The molecule has 57 heavy (non-hydrogen) atoms. The number of anilines is 3. The summed E-state index contributed by atoms with van der Waals surface area (Å²) >= 11 is 1.91. The molecule has 0 amide bonds. The lowest BCUT2D eigenvalue weighted by Gasteiger charge is -2.26. The van der Waals surface area contributed by atoms with Gasteiger partial charge in [0.1, 0.15) is 0 Å². The van der Waals surface area contributed by atoms with E-state index >= 15 is 0 Å². The van der Waals surface area contributed by atoms with Crippen molar-refractivity contribution in [1.29, 1.82) is 0 Å². The minimum Gasteiger partial charge on any atom is -0.311 e. The molecule has 8 aromatic carbocycles. The molecule has 0 spiro atoms. The van der Waals surface area contributed by atoms with E-state index in [-0.39, 0.29) is 0 Å². The summed E-state index contributed by atoms with van der Waals surface area (Å²) in [6, 6.07) is 70.9. The Kier molecular flexibility index (Phi) is 8.19. The molecule has 1 aliphatic carbocycles. The quantitative estimate of drug-likeness (QED) is 0.158. The van der Waals surface area contributed by atoms with Gasteiger partial charge in [-0.3, -0.25) is 0 Å². The van der Waals surface area contributed by atoms with Gasteiger partial charge in [0.2, 0.25) is 0 Å². The van der Waals surface area contributed by atoms with Crippen molar-refractivity contribution in [1.82, 2.24) is 4.57 Å². The Bertz CT molecular complexity index is 3040. The van der Waals surface area contributed by atoms with Crippen LogP contribution in [0.5, 0.6) is 0 Å². The number of para-hydroxylation sites is 3. The van der Waals surface area contributed by atoms with Crippen LogP contribution >= 0.6 is 11.3 Å². The van der Waals surface area contributed by atoms with Crippen molar-refractivity contribution in [3.8, 4) is 39.1 Å². The van der Waals surface area contributed by atoms with E-state index in [0.29, 0.717) is 0 Å². The first-order chi connectivity index (χ1) is 28.3. The lowest BCUT2D eigenvalue weighted by molar-refractivity contribution is 1.01. The molecule has 3 heteroatoms. The number of hydrogen-bond donors (Lipinski definition) is 0. The molecule has 0 fully saturated rings. The number of aryl methyl sites for hydroxylation is 1. The first-order valence-electron chi connectivity index (χ1n) is 19.7. The molecular formula is C54H38N2S. The van der Waals surface area contributed by atoms with Crippen LogP contribution < -0.4 is 4.90 Å². The number of rotatable bonds is 7. The van der Waals surface area contributed by atoms with E-state index in [1.54, 1.807) is 0 Å². The Morgan fingerprint density at radius 3 is 1.63 bits per heavy atom. The predicted molar refractivity (Wildman–Crippen MR) is 245 cm³/mol. The fraction of sp³-hybridized carbons (Fsp3) is 0.0370. The van der Waals surface area contributed by atoms with Crippen LogP contribution in [-0.2, 0) is 6.42 Å². The second-order valence-electron chi connectivity index (χ2n) is 14.8. The molecule has 10 aromatic rings. The second-order valence-corrected chi connectivity index (χ2v) is 15.9. The monoisotopic (exact) mass is 746 g/mol. The van der Waals surface area contributed by atoms with Crippen LogP contribution in [0.25, 0.3) is 77.0 Å². The highest BCUT2D eigenvalue weighted by Gasteiger charge is 2.18. The molecule has 0 aliphatic heterocycles. The van der Waals surface area contributed by atoms with Gasteiger partial charge < -0.3 is 9.47 Å². The molecule has 0 bridgehead atoms. The van der Waals surface area contributed by atoms with Crippen molar-refractivity contribution in [2.75, 3.05) is 4.90 Å². The van der Waals surface area contributed by atoms with Crippen molar-refractivity contribution in [3.63, 3.8) is 0 Å². The van der Waals surface area contributed by atoms with Crippen LogP contribution in [0.2, 0.25) is 0 Å². The highest BCUT2D eigenvalue weighted by molar-refractivity contribution is 7.20. The maximum Gasteiger partial charge on any atom is 0.0541 e. The van der Waals surface area contributed by atoms with E-state index in [9.17, 15) is 0 Å². The van der Waals surface area contributed by atoms with Crippen molar-refractivity contribution < 1.29 is 0 Å². The molecule has 270 valence electrons. The third-order valence-corrected chi connectivity index (χ3v) is 12.7. The lowest BCUT2D eigenvalue weighted by atomic mass is 9.98. The van der Waals surface area contributed by atoms with Crippen LogP contribution in [0.1, 0.15) is 16.9 Å². The van der Waals surface area contributed by atoms with Gasteiger partial charge in [0, 0.05) is 43.0 Å². The maximum atomic E-state index is 2.41. The third kappa shape index (κ3) is 5.87.